The zero-order valence-corrected chi connectivity index (χ0v) is 12.9. The highest BCUT2D eigenvalue weighted by molar-refractivity contribution is 5.15. The second kappa shape index (κ2) is 6.70. The summed E-state index contributed by atoms with van der Waals surface area (Å²) in [5.41, 5.74) is 1.31. The van der Waals surface area contributed by atoms with Gasteiger partial charge in [0, 0.05) is 25.0 Å². The molecule has 0 fully saturated rings. The highest BCUT2D eigenvalue weighted by Crippen LogP contribution is 2.13. The van der Waals surface area contributed by atoms with E-state index in [1.807, 2.05) is 4.68 Å². The van der Waals surface area contributed by atoms with Crippen molar-refractivity contribution in [2.24, 2.45) is 5.92 Å². The van der Waals surface area contributed by atoms with Crippen molar-refractivity contribution in [2.45, 2.75) is 46.8 Å². The van der Waals surface area contributed by atoms with Crippen LogP contribution >= 0.6 is 0 Å². The van der Waals surface area contributed by atoms with Crippen molar-refractivity contribution in [3.05, 3.63) is 36.2 Å². The van der Waals surface area contributed by atoms with Crippen LogP contribution in [0.3, 0.4) is 0 Å². The van der Waals surface area contributed by atoms with Gasteiger partial charge in [0.15, 0.2) is 0 Å². The molecule has 0 amide bonds. The van der Waals surface area contributed by atoms with Crippen molar-refractivity contribution < 1.29 is 0 Å². The van der Waals surface area contributed by atoms with Crippen molar-refractivity contribution in [3.63, 3.8) is 0 Å². The molecular weight excluding hydrogens is 250 g/mol. The van der Waals surface area contributed by atoms with Crippen LogP contribution in [0.4, 0.5) is 0 Å². The van der Waals surface area contributed by atoms with Gasteiger partial charge in [-0.05, 0) is 31.0 Å². The summed E-state index contributed by atoms with van der Waals surface area (Å²) in [6, 6.07) is 2.55. The summed E-state index contributed by atoms with van der Waals surface area (Å²) < 4.78 is 4.17. The Bertz CT molecular complexity index is 526. The van der Waals surface area contributed by atoms with E-state index in [1.165, 1.54) is 5.56 Å². The molecule has 2 rings (SSSR count). The van der Waals surface area contributed by atoms with Gasteiger partial charge >= 0.3 is 0 Å². The van der Waals surface area contributed by atoms with E-state index >= 15 is 0 Å². The lowest BCUT2D eigenvalue weighted by atomic mass is 10.2. The molecule has 2 heterocycles. The fraction of sp³-hybridized carbons (Fsp3) is 0.600. The zero-order valence-electron chi connectivity index (χ0n) is 12.9. The Morgan fingerprint density at radius 1 is 1.30 bits per heavy atom. The van der Waals surface area contributed by atoms with Crippen LogP contribution in [-0.4, -0.2) is 25.9 Å². The van der Waals surface area contributed by atoms with Gasteiger partial charge in [0.1, 0.15) is 12.2 Å². The number of rotatable bonds is 7. The van der Waals surface area contributed by atoms with Crippen LogP contribution in [0.5, 0.6) is 0 Å². The summed E-state index contributed by atoms with van der Waals surface area (Å²) >= 11 is 0. The van der Waals surface area contributed by atoms with E-state index in [-0.39, 0.29) is 0 Å². The molecule has 0 saturated heterocycles. The summed E-state index contributed by atoms with van der Waals surface area (Å²) in [6.45, 7) is 11.4. The standard InChI is InChI=1S/C15H25N5/c1-5-16-13(4)14-6-7-19(9-14)10-15-17-11-18-20(15)8-12(2)3/h6-7,9,11-13,16H,5,8,10H2,1-4H3. The first-order valence-electron chi connectivity index (χ1n) is 7.36. The quantitative estimate of drug-likeness (QED) is 0.844. The first-order valence-corrected chi connectivity index (χ1v) is 7.36. The van der Waals surface area contributed by atoms with Crippen molar-refractivity contribution in [2.75, 3.05) is 6.54 Å². The third kappa shape index (κ3) is 3.70. The number of aromatic nitrogens is 4. The lowest BCUT2D eigenvalue weighted by Gasteiger charge is -2.10. The summed E-state index contributed by atoms with van der Waals surface area (Å²) in [4.78, 5) is 4.37. The van der Waals surface area contributed by atoms with Gasteiger partial charge in [0.2, 0.25) is 0 Å². The molecule has 0 spiro atoms. The fourth-order valence-corrected chi connectivity index (χ4v) is 2.31. The van der Waals surface area contributed by atoms with E-state index in [2.05, 4.69) is 66.1 Å². The maximum absolute atomic E-state index is 4.37. The smallest absolute Gasteiger partial charge is 0.146 e. The molecule has 1 N–H and O–H groups in total. The normalized spacial score (nSPS) is 13.1. The molecule has 20 heavy (non-hydrogen) atoms. The van der Waals surface area contributed by atoms with E-state index in [4.69, 9.17) is 0 Å². The molecule has 1 atom stereocenters. The minimum Gasteiger partial charge on any atom is -0.346 e. The third-order valence-electron chi connectivity index (χ3n) is 3.34. The van der Waals surface area contributed by atoms with Gasteiger partial charge in [-0.2, -0.15) is 5.10 Å². The number of nitrogens with one attached hydrogen (secondary N) is 1. The van der Waals surface area contributed by atoms with Crippen LogP contribution in [0.15, 0.2) is 24.8 Å². The van der Waals surface area contributed by atoms with Gasteiger partial charge in [0.25, 0.3) is 0 Å². The van der Waals surface area contributed by atoms with Crippen molar-refractivity contribution in [3.8, 4) is 0 Å². The Kier molecular flexibility index (Phi) is 4.95. The van der Waals surface area contributed by atoms with E-state index in [1.54, 1.807) is 6.33 Å². The zero-order chi connectivity index (χ0) is 14.5. The van der Waals surface area contributed by atoms with Gasteiger partial charge < -0.3 is 9.88 Å². The molecule has 5 nitrogen and oxygen atoms in total. The van der Waals surface area contributed by atoms with Crippen LogP contribution in [0, 0.1) is 5.92 Å². The predicted molar refractivity (Wildman–Crippen MR) is 80.5 cm³/mol. The number of nitrogens with zero attached hydrogens (tertiary/aromatic N) is 4. The summed E-state index contributed by atoms with van der Waals surface area (Å²) in [6.07, 6.45) is 5.93. The minimum atomic E-state index is 0.384. The third-order valence-corrected chi connectivity index (χ3v) is 3.34. The first kappa shape index (κ1) is 14.8. The molecule has 110 valence electrons. The molecule has 0 aliphatic heterocycles. The maximum Gasteiger partial charge on any atom is 0.146 e. The van der Waals surface area contributed by atoms with Gasteiger partial charge in [-0.25, -0.2) is 9.67 Å². The Labute approximate surface area is 121 Å². The Morgan fingerprint density at radius 2 is 2.10 bits per heavy atom. The molecule has 0 radical (unpaired) electrons. The average molecular weight is 275 g/mol. The highest BCUT2D eigenvalue weighted by Gasteiger charge is 2.09. The van der Waals surface area contributed by atoms with Crippen LogP contribution in [-0.2, 0) is 13.1 Å². The lowest BCUT2D eigenvalue weighted by Crippen LogP contribution is -2.17. The van der Waals surface area contributed by atoms with Gasteiger partial charge in [-0.3, -0.25) is 0 Å². The molecule has 0 aliphatic rings. The van der Waals surface area contributed by atoms with Crippen molar-refractivity contribution in [1.82, 2.24) is 24.6 Å². The minimum absolute atomic E-state index is 0.384. The number of hydrogen-bond donors (Lipinski definition) is 1. The molecule has 0 saturated carbocycles. The van der Waals surface area contributed by atoms with Crippen LogP contribution in [0.2, 0.25) is 0 Å². The molecule has 2 aromatic heterocycles. The Hall–Kier alpha value is -1.62. The molecule has 0 aromatic carbocycles. The monoisotopic (exact) mass is 275 g/mol. The fourth-order valence-electron chi connectivity index (χ4n) is 2.31. The highest BCUT2D eigenvalue weighted by atomic mass is 15.3. The molecular formula is C15H25N5. The second-order valence-electron chi connectivity index (χ2n) is 5.65. The van der Waals surface area contributed by atoms with Crippen LogP contribution in [0.25, 0.3) is 0 Å². The molecule has 2 aromatic rings. The van der Waals surface area contributed by atoms with Crippen molar-refractivity contribution >= 4 is 0 Å². The largest absolute Gasteiger partial charge is 0.346 e. The Balaban J connectivity index is 2.05. The SMILES string of the molecule is CCNC(C)c1ccn(Cc2ncnn2CC(C)C)c1. The van der Waals surface area contributed by atoms with Gasteiger partial charge in [-0.15, -0.1) is 0 Å². The Morgan fingerprint density at radius 3 is 2.80 bits per heavy atom. The van der Waals surface area contributed by atoms with E-state index in [9.17, 15) is 0 Å². The predicted octanol–water partition coefficient (Wildman–Crippen LogP) is 2.45. The molecule has 0 bridgehead atoms. The second-order valence-corrected chi connectivity index (χ2v) is 5.65. The molecule has 1 unspecified atom stereocenters. The topological polar surface area (TPSA) is 47.7 Å². The maximum atomic E-state index is 4.37. The van der Waals surface area contributed by atoms with Crippen molar-refractivity contribution in [1.29, 1.82) is 0 Å². The van der Waals surface area contributed by atoms with E-state index < -0.39 is 0 Å². The molecule has 5 heteroatoms. The summed E-state index contributed by atoms with van der Waals surface area (Å²) in [7, 11) is 0. The van der Waals surface area contributed by atoms with Crippen LogP contribution in [0.1, 0.15) is 45.1 Å². The van der Waals surface area contributed by atoms with Gasteiger partial charge in [-0.1, -0.05) is 20.8 Å². The number of hydrogen-bond acceptors (Lipinski definition) is 3. The first-order chi connectivity index (χ1) is 9.60. The summed E-state index contributed by atoms with van der Waals surface area (Å²) in [5, 5.41) is 7.73. The van der Waals surface area contributed by atoms with E-state index in [0.29, 0.717) is 12.0 Å². The van der Waals surface area contributed by atoms with E-state index in [0.717, 1.165) is 25.5 Å². The summed E-state index contributed by atoms with van der Waals surface area (Å²) in [5.74, 6) is 1.58. The van der Waals surface area contributed by atoms with Crippen LogP contribution < -0.4 is 5.32 Å². The average Bonchev–Trinajstić information content (AvgIpc) is 3.00. The van der Waals surface area contributed by atoms with Gasteiger partial charge in [0.05, 0.1) is 6.54 Å². The lowest BCUT2D eigenvalue weighted by molar-refractivity contribution is 0.461. The molecule has 0 aliphatic carbocycles.